The number of fused-ring (bicyclic) bond motifs is 1. The first-order chi connectivity index (χ1) is 11.3. The molecule has 0 N–H and O–H groups in total. The van der Waals surface area contributed by atoms with E-state index in [1.54, 1.807) is 10.9 Å². The number of nitrogens with zero attached hydrogens (tertiary/aromatic N) is 6. The van der Waals surface area contributed by atoms with Crippen molar-refractivity contribution in [2.45, 2.75) is 19.3 Å². The number of piperidine rings is 1. The number of hydrogen-bond acceptors (Lipinski definition) is 4. The zero-order valence-electron chi connectivity index (χ0n) is 13.1. The fraction of sp³-hybridized carbons (Fsp3) is 0.353. The molecule has 0 bridgehead atoms. The van der Waals surface area contributed by atoms with Crippen LogP contribution in [0.3, 0.4) is 0 Å². The second kappa shape index (κ2) is 5.43. The lowest BCUT2D eigenvalue weighted by Crippen LogP contribution is -2.29. The van der Waals surface area contributed by atoms with Crippen LogP contribution in [0.1, 0.15) is 24.8 Å². The van der Waals surface area contributed by atoms with Crippen molar-refractivity contribution < 1.29 is 0 Å². The summed E-state index contributed by atoms with van der Waals surface area (Å²) in [7, 11) is 1.91. The van der Waals surface area contributed by atoms with Crippen LogP contribution in [-0.4, -0.2) is 32.5 Å². The van der Waals surface area contributed by atoms with Crippen molar-refractivity contribution in [3.8, 4) is 17.2 Å². The zero-order chi connectivity index (χ0) is 15.8. The Kier molecular flexibility index (Phi) is 3.27. The average molecular weight is 306 g/mol. The predicted octanol–water partition coefficient (Wildman–Crippen LogP) is 2.60. The number of anilines is 1. The first-order valence-corrected chi connectivity index (χ1v) is 7.92. The van der Waals surface area contributed by atoms with E-state index in [-0.39, 0.29) is 0 Å². The van der Waals surface area contributed by atoms with E-state index in [4.69, 9.17) is 0 Å². The first kappa shape index (κ1) is 13.8. The molecular formula is C17H18N6. The Morgan fingerprint density at radius 3 is 2.57 bits per heavy atom. The highest BCUT2D eigenvalue weighted by molar-refractivity contribution is 5.83. The molecule has 6 heteroatoms. The standard InChI is InChI=1S/C17H18N6/c1-21-11-15(10-19-21)13-7-16(22-5-3-2-4-6-22)17-14(8-18)9-20-23(17)12-13/h7,9-12H,2-6H2,1H3. The van der Waals surface area contributed by atoms with E-state index in [1.807, 2.05) is 30.2 Å². The minimum atomic E-state index is 0.628. The van der Waals surface area contributed by atoms with Crippen LogP contribution in [0.25, 0.3) is 16.6 Å². The van der Waals surface area contributed by atoms with Crippen LogP contribution in [0.15, 0.2) is 30.9 Å². The second-order valence-corrected chi connectivity index (χ2v) is 6.03. The number of aryl methyl sites for hydroxylation is 1. The number of pyridine rings is 1. The summed E-state index contributed by atoms with van der Waals surface area (Å²) in [6.45, 7) is 2.06. The van der Waals surface area contributed by atoms with Crippen LogP contribution in [0.2, 0.25) is 0 Å². The van der Waals surface area contributed by atoms with Gasteiger partial charge in [-0.05, 0) is 25.3 Å². The molecule has 1 aliphatic rings. The van der Waals surface area contributed by atoms with Crippen LogP contribution in [0, 0.1) is 11.3 Å². The predicted molar refractivity (Wildman–Crippen MR) is 88.2 cm³/mol. The topological polar surface area (TPSA) is 62.2 Å². The Balaban J connectivity index is 1.92. The average Bonchev–Trinajstić information content (AvgIpc) is 3.20. The molecule has 116 valence electrons. The van der Waals surface area contributed by atoms with Gasteiger partial charge in [-0.25, -0.2) is 4.52 Å². The maximum absolute atomic E-state index is 9.40. The summed E-state index contributed by atoms with van der Waals surface area (Å²) in [5, 5.41) is 18.0. The monoisotopic (exact) mass is 306 g/mol. The van der Waals surface area contributed by atoms with Crippen molar-refractivity contribution in [3.63, 3.8) is 0 Å². The third-order valence-electron chi connectivity index (χ3n) is 4.45. The smallest absolute Gasteiger partial charge is 0.107 e. The molecule has 4 heterocycles. The highest BCUT2D eigenvalue weighted by Gasteiger charge is 2.19. The molecule has 0 aromatic carbocycles. The molecular weight excluding hydrogens is 288 g/mol. The quantitative estimate of drug-likeness (QED) is 0.730. The van der Waals surface area contributed by atoms with Crippen molar-refractivity contribution >= 4 is 11.2 Å². The molecule has 0 unspecified atom stereocenters. The van der Waals surface area contributed by atoms with Gasteiger partial charge < -0.3 is 4.90 Å². The van der Waals surface area contributed by atoms with Crippen LogP contribution in [-0.2, 0) is 7.05 Å². The third-order valence-corrected chi connectivity index (χ3v) is 4.45. The molecule has 6 nitrogen and oxygen atoms in total. The first-order valence-electron chi connectivity index (χ1n) is 7.92. The lowest BCUT2D eigenvalue weighted by molar-refractivity contribution is 0.578. The van der Waals surface area contributed by atoms with Crippen LogP contribution in [0.5, 0.6) is 0 Å². The van der Waals surface area contributed by atoms with Gasteiger partial charge in [-0.1, -0.05) is 0 Å². The van der Waals surface area contributed by atoms with Gasteiger partial charge >= 0.3 is 0 Å². The fourth-order valence-electron chi connectivity index (χ4n) is 3.29. The van der Waals surface area contributed by atoms with Crippen molar-refractivity contribution in [1.29, 1.82) is 5.26 Å². The molecule has 1 fully saturated rings. The summed E-state index contributed by atoms with van der Waals surface area (Å²) >= 11 is 0. The van der Waals surface area contributed by atoms with Gasteiger partial charge in [-0.3, -0.25) is 4.68 Å². The second-order valence-electron chi connectivity index (χ2n) is 6.03. The summed E-state index contributed by atoms with van der Waals surface area (Å²) in [5.41, 5.74) is 4.76. The number of rotatable bonds is 2. The van der Waals surface area contributed by atoms with Crippen molar-refractivity contribution in [2.24, 2.45) is 7.05 Å². The van der Waals surface area contributed by atoms with E-state index in [1.165, 1.54) is 19.3 Å². The number of nitriles is 1. The lowest BCUT2D eigenvalue weighted by Gasteiger charge is -2.29. The maximum Gasteiger partial charge on any atom is 0.107 e. The molecule has 1 aliphatic heterocycles. The van der Waals surface area contributed by atoms with Crippen LogP contribution in [0.4, 0.5) is 5.69 Å². The largest absolute Gasteiger partial charge is 0.370 e. The van der Waals surface area contributed by atoms with Crippen LogP contribution >= 0.6 is 0 Å². The minimum absolute atomic E-state index is 0.628. The summed E-state index contributed by atoms with van der Waals surface area (Å²) in [4.78, 5) is 2.38. The Bertz CT molecular complexity index is 892. The molecule has 0 aliphatic carbocycles. The highest BCUT2D eigenvalue weighted by Crippen LogP contribution is 2.32. The van der Waals surface area contributed by atoms with Gasteiger partial charge in [0.05, 0.1) is 23.6 Å². The van der Waals surface area contributed by atoms with Gasteiger partial charge in [0, 0.05) is 43.7 Å². The molecule has 4 rings (SSSR count). The number of hydrogen-bond donors (Lipinski definition) is 0. The molecule has 0 spiro atoms. The molecule has 0 radical (unpaired) electrons. The lowest BCUT2D eigenvalue weighted by atomic mass is 10.1. The van der Waals surface area contributed by atoms with Gasteiger partial charge in [-0.2, -0.15) is 15.5 Å². The summed E-state index contributed by atoms with van der Waals surface area (Å²) in [6, 6.07) is 4.43. The van der Waals surface area contributed by atoms with Crippen molar-refractivity contribution in [1.82, 2.24) is 19.4 Å². The molecule has 3 aromatic rings. The minimum Gasteiger partial charge on any atom is -0.370 e. The highest BCUT2D eigenvalue weighted by atomic mass is 15.2. The maximum atomic E-state index is 9.40. The number of aromatic nitrogens is 4. The van der Waals surface area contributed by atoms with E-state index in [0.29, 0.717) is 5.56 Å². The van der Waals surface area contributed by atoms with Crippen molar-refractivity contribution in [3.05, 3.63) is 36.4 Å². The van der Waals surface area contributed by atoms with Gasteiger partial charge in [0.25, 0.3) is 0 Å². The summed E-state index contributed by atoms with van der Waals surface area (Å²) in [6.07, 6.45) is 11.1. The van der Waals surface area contributed by atoms with E-state index in [2.05, 4.69) is 27.2 Å². The molecule has 0 atom stereocenters. The van der Waals surface area contributed by atoms with E-state index < -0.39 is 0 Å². The molecule has 3 aromatic heterocycles. The normalized spacial score (nSPS) is 15.0. The Hall–Kier alpha value is -2.81. The molecule has 0 saturated carbocycles. The Labute approximate surface area is 134 Å². The Morgan fingerprint density at radius 1 is 1.04 bits per heavy atom. The summed E-state index contributed by atoms with van der Waals surface area (Å²) < 4.78 is 3.62. The van der Waals surface area contributed by atoms with Gasteiger partial charge in [-0.15, -0.1) is 0 Å². The van der Waals surface area contributed by atoms with E-state index >= 15 is 0 Å². The van der Waals surface area contributed by atoms with Crippen LogP contribution < -0.4 is 4.90 Å². The van der Waals surface area contributed by atoms with Gasteiger partial charge in [0.15, 0.2) is 0 Å². The van der Waals surface area contributed by atoms with Crippen molar-refractivity contribution in [2.75, 3.05) is 18.0 Å². The van der Waals surface area contributed by atoms with E-state index in [9.17, 15) is 5.26 Å². The summed E-state index contributed by atoms with van der Waals surface area (Å²) in [5.74, 6) is 0. The molecule has 23 heavy (non-hydrogen) atoms. The van der Waals surface area contributed by atoms with E-state index in [0.717, 1.165) is 35.4 Å². The molecule has 1 saturated heterocycles. The molecule has 0 amide bonds. The SMILES string of the molecule is Cn1cc(-c2cc(N3CCCCC3)c3c(C#N)cnn3c2)cn1. The fourth-order valence-corrected chi connectivity index (χ4v) is 3.29. The zero-order valence-corrected chi connectivity index (χ0v) is 13.1. The van der Waals surface area contributed by atoms with Gasteiger partial charge in [0.2, 0.25) is 0 Å². The Morgan fingerprint density at radius 2 is 1.87 bits per heavy atom. The van der Waals surface area contributed by atoms with Gasteiger partial charge in [0.1, 0.15) is 11.6 Å². The third kappa shape index (κ3) is 2.34.